The molecule has 0 aliphatic carbocycles. The monoisotopic (exact) mass is 588 g/mol. The molecule has 0 heterocycles. The number of rotatable bonds is 14. The molecule has 0 spiro atoms. The van der Waals surface area contributed by atoms with Gasteiger partial charge in [0.1, 0.15) is 12.4 Å². The molecule has 3 N–H and O–H groups in total. The normalized spacial score (nSPS) is 11.8. The summed E-state index contributed by atoms with van der Waals surface area (Å²) in [5, 5.41) is 10.5. The van der Waals surface area contributed by atoms with Crippen molar-refractivity contribution in [3.63, 3.8) is 0 Å². The summed E-state index contributed by atoms with van der Waals surface area (Å²) in [6.07, 6.45) is 0.130. The SMILES string of the molecule is NN(Cc1ccc(COc2ccc(CCC(=O)O)cc2)cc1)/C(=C\Cc1ccc(C(F)(F)F)cc1)CCc1ccccc1. The van der Waals surface area contributed by atoms with Crippen LogP contribution in [0.4, 0.5) is 13.2 Å². The van der Waals surface area contributed by atoms with E-state index in [-0.39, 0.29) is 6.42 Å². The summed E-state index contributed by atoms with van der Waals surface area (Å²) in [7, 11) is 0. The van der Waals surface area contributed by atoms with Crippen LogP contribution in [0.25, 0.3) is 0 Å². The molecule has 224 valence electrons. The Morgan fingerprint density at radius 1 is 0.744 bits per heavy atom. The molecule has 0 aliphatic rings. The number of hydrazine groups is 1. The number of nitrogens with zero attached hydrogens (tertiary/aromatic N) is 1. The smallest absolute Gasteiger partial charge is 0.416 e. The van der Waals surface area contributed by atoms with E-state index in [4.69, 9.17) is 15.7 Å². The largest absolute Gasteiger partial charge is 0.489 e. The first-order valence-electron chi connectivity index (χ1n) is 14.1. The van der Waals surface area contributed by atoms with Crippen molar-refractivity contribution in [3.05, 3.63) is 148 Å². The van der Waals surface area contributed by atoms with Crippen LogP contribution < -0.4 is 10.6 Å². The van der Waals surface area contributed by atoms with Gasteiger partial charge in [-0.2, -0.15) is 13.2 Å². The molecule has 8 heteroatoms. The number of carboxylic acid groups (broad SMARTS) is 1. The first kappa shape index (κ1) is 31.4. The van der Waals surface area contributed by atoms with Crippen molar-refractivity contribution in [2.45, 2.75) is 51.4 Å². The van der Waals surface area contributed by atoms with E-state index < -0.39 is 17.7 Å². The Balaban J connectivity index is 1.36. The Morgan fingerprint density at radius 2 is 1.30 bits per heavy atom. The second-order valence-electron chi connectivity index (χ2n) is 10.4. The van der Waals surface area contributed by atoms with E-state index in [1.54, 1.807) is 5.01 Å². The Kier molecular flexibility index (Phi) is 11.0. The fourth-order valence-electron chi connectivity index (χ4n) is 4.55. The van der Waals surface area contributed by atoms with Crippen molar-refractivity contribution in [1.29, 1.82) is 0 Å². The van der Waals surface area contributed by atoms with Gasteiger partial charge in [0, 0.05) is 12.1 Å². The average molecular weight is 589 g/mol. The summed E-state index contributed by atoms with van der Waals surface area (Å²) >= 11 is 0. The van der Waals surface area contributed by atoms with Crippen molar-refractivity contribution >= 4 is 5.97 Å². The van der Waals surface area contributed by atoms with Crippen molar-refractivity contribution < 1.29 is 27.8 Å². The third-order valence-corrected chi connectivity index (χ3v) is 7.07. The first-order chi connectivity index (χ1) is 20.7. The van der Waals surface area contributed by atoms with Gasteiger partial charge in [0.25, 0.3) is 0 Å². The molecule has 0 aliphatic heterocycles. The predicted molar refractivity (Wildman–Crippen MR) is 161 cm³/mol. The van der Waals surface area contributed by atoms with Gasteiger partial charge in [-0.3, -0.25) is 4.79 Å². The topological polar surface area (TPSA) is 75.8 Å². The van der Waals surface area contributed by atoms with Gasteiger partial charge in [-0.05, 0) is 77.8 Å². The maximum Gasteiger partial charge on any atom is 0.416 e. The summed E-state index contributed by atoms with van der Waals surface area (Å²) in [6.45, 7) is 0.850. The minimum atomic E-state index is -4.36. The minimum absolute atomic E-state index is 0.0935. The molecular formula is C35H35F3N2O3. The molecule has 5 nitrogen and oxygen atoms in total. The second-order valence-corrected chi connectivity index (χ2v) is 10.4. The van der Waals surface area contributed by atoms with Crippen LogP contribution in [0.1, 0.15) is 46.2 Å². The highest BCUT2D eigenvalue weighted by molar-refractivity contribution is 5.67. The third-order valence-electron chi connectivity index (χ3n) is 7.07. The molecule has 0 aromatic heterocycles. The van der Waals surface area contributed by atoms with Crippen LogP contribution in [0, 0.1) is 0 Å². The number of benzene rings is 4. The molecule has 0 unspecified atom stereocenters. The van der Waals surface area contributed by atoms with Gasteiger partial charge in [-0.25, -0.2) is 5.84 Å². The molecule has 0 atom stereocenters. The van der Waals surface area contributed by atoms with E-state index in [0.717, 1.165) is 46.5 Å². The predicted octanol–water partition coefficient (Wildman–Crippen LogP) is 7.74. The van der Waals surface area contributed by atoms with Gasteiger partial charge in [-0.15, -0.1) is 0 Å². The number of alkyl halides is 3. The number of carboxylic acids is 1. The lowest BCUT2D eigenvalue weighted by molar-refractivity contribution is -0.138. The maximum atomic E-state index is 13.0. The first-order valence-corrected chi connectivity index (χ1v) is 14.1. The number of hydrogen-bond donors (Lipinski definition) is 2. The molecule has 4 aromatic carbocycles. The van der Waals surface area contributed by atoms with Crippen LogP contribution in [-0.2, 0) is 43.4 Å². The number of halogens is 3. The molecule has 0 amide bonds. The molecule has 4 aromatic rings. The second kappa shape index (κ2) is 15.1. The zero-order chi connectivity index (χ0) is 30.7. The fraction of sp³-hybridized carbons (Fsp3) is 0.229. The van der Waals surface area contributed by atoms with E-state index in [1.165, 1.54) is 17.7 Å². The summed E-state index contributed by atoms with van der Waals surface area (Å²) in [4.78, 5) is 10.7. The van der Waals surface area contributed by atoms with Crippen molar-refractivity contribution in [2.24, 2.45) is 5.84 Å². The summed E-state index contributed by atoms with van der Waals surface area (Å²) < 4.78 is 44.7. The highest BCUT2D eigenvalue weighted by Gasteiger charge is 2.29. The number of carbonyl (C=O) groups is 1. The zero-order valence-electron chi connectivity index (χ0n) is 23.8. The van der Waals surface area contributed by atoms with E-state index in [2.05, 4.69) is 12.1 Å². The Morgan fingerprint density at radius 3 is 1.93 bits per heavy atom. The third kappa shape index (κ3) is 10.3. The molecule has 0 saturated heterocycles. The minimum Gasteiger partial charge on any atom is -0.489 e. The number of aliphatic carboxylic acids is 1. The number of ether oxygens (including phenoxy) is 1. The highest BCUT2D eigenvalue weighted by atomic mass is 19.4. The lowest BCUT2D eigenvalue weighted by atomic mass is 10.0. The molecule has 0 fully saturated rings. The van der Waals surface area contributed by atoms with Crippen LogP contribution in [-0.4, -0.2) is 16.1 Å². The highest BCUT2D eigenvalue weighted by Crippen LogP contribution is 2.29. The van der Waals surface area contributed by atoms with Gasteiger partial charge in [0.15, 0.2) is 0 Å². The Labute approximate surface area is 250 Å². The van der Waals surface area contributed by atoms with E-state index in [0.29, 0.717) is 38.2 Å². The van der Waals surface area contributed by atoms with E-state index >= 15 is 0 Å². The van der Waals surface area contributed by atoms with Crippen LogP contribution in [0.15, 0.2) is 115 Å². The maximum absolute atomic E-state index is 13.0. The van der Waals surface area contributed by atoms with Gasteiger partial charge in [0.05, 0.1) is 12.1 Å². The lowest BCUT2D eigenvalue weighted by Crippen LogP contribution is -2.30. The van der Waals surface area contributed by atoms with Crippen LogP contribution in [0.2, 0.25) is 0 Å². The molecular weight excluding hydrogens is 553 g/mol. The van der Waals surface area contributed by atoms with Gasteiger partial charge >= 0.3 is 12.1 Å². The summed E-state index contributed by atoms with van der Waals surface area (Å²) in [5.74, 6) is 6.43. The summed E-state index contributed by atoms with van der Waals surface area (Å²) in [5.41, 5.74) is 5.14. The number of nitrogens with two attached hydrogens (primary N) is 1. The zero-order valence-corrected chi connectivity index (χ0v) is 23.8. The molecule has 0 bridgehead atoms. The van der Waals surface area contributed by atoms with Gasteiger partial charge < -0.3 is 14.9 Å². The Hall–Kier alpha value is -4.56. The lowest BCUT2D eigenvalue weighted by Gasteiger charge is -2.23. The quantitative estimate of drug-likeness (QED) is 0.116. The van der Waals surface area contributed by atoms with Crippen LogP contribution in [0.3, 0.4) is 0 Å². The Bertz CT molecular complexity index is 1470. The molecule has 43 heavy (non-hydrogen) atoms. The average Bonchev–Trinajstić information content (AvgIpc) is 3.00. The standard InChI is InChI=1S/C35H35F3N2O3/c36-35(37,38)31-17-10-27(11-18-31)13-20-32(19-12-26-4-2-1-3-5-26)40(39)24-29-6-8-30(9-7-29)25-43-33-21-14-28(15-22-33)16-23-34(41)42/h1-11,14-15,17-18,20-22H,12-13,16,19,23-25,39H2,(H,41,42)/b32-20-. The molecule has 0 saturated carbocycles. The van der Waals surface area contributed by atoms with Gasteiger partial charge in [0.2, 0.25) is 0 Å². The fourth-order valence-corrected chi connectivity index (χ4v) is 4.55. The summed E-state index contributed by atoms with van der Waals surface area (Å²) in [6, 6.07) is 30.7. The number of hydrogen-bond acceptors (Lipinski definition) is 4. The van der Waals surface area contributed by atoms with Crippen molar-refractivity contribution in [1.82, 2.24) is 5.01 Å². The van der Waals surface area contributed by atoms with Gasteiger partial charge in [-0.1, -0.05) is 84.9 Å². The van der Waals surface area contributed by atoms with E-state index in [1.807, 2.05) is 72.8 Å². The van der Waals surface area contributed by atoms with Crippen molar-refractivity contribution in [2.75, 3.05) is 0 Å². The van der Waals surface area contributed by atoms with Crippen molar-refractivity contribution in [3.8, 4) is 5.75 Å². The molecule has 4 rings (SSSR count). The van der Waals surface area contributed by atoms with E-state index in [9.17, 15) is 18.0 Å². The van der Waals surface area contributed by atoms with Crippen LogP contribution >= 0.6 is 0 Å². The van der Waals surface area contributed by atoms with Crippen LogP contribution in [0.5, 0.6) is 5.75 Å². The molecule has 0 radical (unpaired) electrons. The number of allylic oxidation sites excluding steroid dienone is 2. The number of aryl methyl sites for hydroxylation is 2.